The summed E-state index contributed by atoms with van der Waals surface area (Å²) in [5.74, 6) is -0.361. The van der Waals surface area contributed by atoms with Crippen molar-refractivity contribution < 1.29 is 9.18 Å². The van der Waals surface area contributed by atoms with Crippen LogP contribution in [0.3, 0.4) is 0 Å². The molecular formula is C11H16FN3O. The van der Waals surface area contributed by atoms with Crippen LogP contribution in [0.4, 0.5) is 14.9 Å². The predicted molar refractivity (Wildman–Crippen MR) is 61.6 cm³/mol. The van der Waals surface area contributed by atoms with Crippen LogP contribution in [-0.2, 0) is 6.54 Å². The number of rotatable bonds is 4. The highest BCUT2D eigenvalue weighted by Crippen LogP contribution is 2.16. The van der Waals surface area contributed by atoms with Crippen LogP contribution in [-0.4, -0.2) is 12.6 Å². The lowest BCUT2D eigenvalue weighted by Gasteiger charge is -2.10. The van der Waals surface area contributed by atoms with Crippen LogP contribution in [0.2, 0.25) is 0 Å². The Kier molecular flexibility index (Phi) is 4.72. The topological polar surface area (TPSA) is 67.2 Å². The van der Waals surface area contributed by atoms with E-state index in [1.807, 2.05) is 6.92 Å². The maximum absolute atomic E-state index is 12.9. The molecule has 4 nitrogen and oxygen atoms in total. The van der Waals surface area contributed by atoms with Gasteiger partial charge < -0.3 is 16.4 Å². The standard InChI is InChI=1S/C11H16FN3O/c1-2-5-14-11(16)15-10-4-3-9(12)6-8(10)7-13/h3-4,6H,2,5,7,13H2,1H3,(H2,14,15,16). The summed E-state index contributed by atoms with van der Waals surface area (Å²) in [6, 6.07) is 3.80. The minimum Gasteiger partial charge on any atom is -0.338 e. The van der Waals surface area contributed by atoms with Gasteiger partial charge >= 0.3 is 6.03 Å². The van der Waals surface area contributed by atoms with Crippen molar-refractivity contribution in [3.8, 4) is 0 Å². The van der Waals surface area contributed by atoms with E-state index in [1.165, 1.54) is 18.2 Å². The molecule has 0 fully saturated rings. The molecule has 0 atom stereocenters. The number of halogens is 1. The van der Waals surface area contributed by atoms with Gasteiger partial charge in [-0.3, -0.25) is 0 Å². The number of hydrogen-bond acceptors (Lipinski definition) is 2. The highest BCUT2D eigenvalue weighted by atomic mass is 19.1. The fraction of sp³-hybridized carbons (Fsp3) is 0.364. The number of nitrogens with one attached hydrogen (secondary N) is 2. The van der Waals surface area contributed by atoms with Crippen LogP contribution in [0.25, 0.3) is 0 Å². The molecule has 0 spiro atoms. The van der Waals surface area contributed by atoms with E-state index in [-0.39, 0.29) is 18.4 Å². The molecule has 0 aromatic heterocycles. The minimum absolute atomic E-state index is 0.182. The van der Waals surface area contributed by atoms with Gasteiger partial charge in [0.25, 0.3) is 0 Å². The van der Waals surface area contributed by atoms with Gasteiger partial charge in [0.05, 0.1) is 0 Å². The number of benzene rings is 1. The number of carbonyl (C=O) groups excluding carboxylic acids is 1. The smallest absolute Gasteiger partial charge is 0.319 e. The molecule has 0 saturated carbocycles. The van der Waals surface area contributed by atoms with Gasteiger partial charge in [-0.2, -0.15) is 0 Å². The van der Waals surface area contributed by atoms with Crippen LogP contribution in [0.5, 0.6) is 0 Å². The molecule has 2 amide bonds. The molecule has 0 unspecified atom stereocenters. The van der Waals surface area contributed by atoms with E-state index in [1.54, 1.807) is 0 Å². The van der Waals surface area contributed by atoms with Gasteiger partial charge in [-0.15, -0.1) is 0 Å². The van der Waals surface area contributed by atoms with E-state index >= 15 is 0 Å². The Morgan fingerprint density at radius 1 is 1.50 bits per heavy atom. The quantitative estimate of drug-likeness (QED) is 0.731. The second-order valence-corrected chi connectivity index (χ2v) is 3.39. The molecule has 16 heavy (non-hydrogen) atoms. The van der Waals surface area contributed by atoms with Crippen LogP contribution in [0, 0.1) is 5.82 Å². The van der Waals surface area contributed by atoms with Crippen LogP contribution in [0.15, 0.2) is 18.2 Å². The molecule has 0 bridgehead atoms. The van der Waals surface area contributed by atoms with Gasteiger partial charge in [0.2, 0.25) is 0 Å². The highest BCUT2D eigenvalue weighted by molar-refractivity contribution is 5.90. The monoisotopic (exact) mass is 225 g/mol. The average molecular weight is 225 g/mol. The van der Waals surface area contributed by atoms with Gasteiger partial charge in [-0.1, -0.05) is 6.92 Å². The lowest BCUT2D eigenvalue weighted by atomic mass is 10.2. The molecule has 0 aliphatic rings. The third kappa shape index (κ3) is 3.51. The third-order valence-electron chi connectivity index (χ3n) is 2.07. The molecule has 5 heteroatoms. The van der Waals surface area contributed by atoms with E-state index in [4.69, 9.17) is 5.73 Å². The Balaban J connectivity index is 2.69. The molecule has 1 rings (SSSR count). The zero-order valence-corrected chi connectivity index (χ0v) is 9.22. The Bertz CT molecular complexity index is 368. The number of anilines is 1. The SMILES string of the molecule is CCCNC(=O)Nc1ccc(F)cc1CN. The van der Waals surface area contributed by atoms with Crippen LogP contribution < -0.4 is 16.4 Å². The van der Waals surface area contributed by atoms with Crippen molar-refractivity contribution in [2.75, 3.05) is 11.9 Å². The first-order chi connectivity index (χ1) is 7.67. The first-order valence-corrected chi connectivity index (χ1v) is 5.20. The molecule has 4 N–H and O–H groups in total. The number of hydrogen-bond donors (Lipinski definition) is 3. The predicted octanol–water partition coefficient (Wildman–Crippen LogP) is 1.82. The van der Waals surface area contributed by atoms with E-state index in [9.17, 15) is 9.18 Å². The molecule has 0 heterocycles. The zero-order chi connectivity index (χ0) is 12.0. The molecule has 1 aromatic carbocycles. The summed E-state index contributed by atoms with van der Waals surface area (Å²) in [5.41, 5.74) is 6.57. The van der Waals surface area contributed by atoms with Gasteiger partial charge in [0.1, 0.15) is 5.82 Å². The summed E-state index contributed by atoms with van der Waals surface area (Å²) < 4.78 is 12.9. The van der Waals surface area contributed by atoms with E-state index in [0.29, 0.717) is 17.8 Å². The van der Waals surface area contributed by atoms with Gasteiger partial charge in [0, 0.05) is 18.8 Å². The maximum atomic E-state index is 12.9. The minimum atomic E-state index is -0.361. The molecule has 0 saturated heterocycles. The largest absolute Gasteiger partial charge is 0.338 e. The Morgan fingerprint density at radius 2 is 2.25 bits per heavy atom. The second-order valence-electron chi connectivity index (χ2n) is 3.39. The van der Waals surface area contributed by atoms with Crippen molar-refractivity contribution in [3.05, 3.63) is 29.6 Å². The second kappa shape index (κ2) is 6.07. The fourth-order valence-corrected chi connectivity index (χ4v) is 1.26. The molecule has 88 valence electrons. The van der Waals surface area contributed by atoms with E-state index in [2.05, 4.69) is 10.6 Å². The Morgan fingerprint density at radius 3 is 2.88 bits per heavy atom. The van der Waals surface area contributed by atoms with Gasteiger partial charge in [-0.05, 0) is 30.2 Å². The van der Waals surface area contributed by atoms with Crippen LogP contribution >= 0.6 is 0 Å². The van der Waals surface area contributed by atoms with E-state index < -0.39 is 0 Å². The summed E-state index contributed by atoms with van der Waals surface area (Å²) in [4.78, 5) is 11.4. The summed E-state index contributed by atoms with van der Waals surface area (Å²) in [5, 5.41) is 5.29. The molecule has 0 radical (unpaired) electrons. The van der Waals surface area contributed by atoms with E-state index in [0.717, 1.165) is 6.42 Å². The summed E-state index contributed by atoms with van der Waals surface area (Å²) in [6.45, 7) is 2.75. The number of nitrogens with two attached hydrogens (primary N) is 1. The van der Waals surface area contributed by atoms with Crippen LogP contribution in [0.1, 0.15) is 18.9 Å². The molecule has 0 aliphatic heterocycles. The normalized spacial score (nSPS) is 9.94. The Labute approximate surface area is 94.0 Å². The average Bonchev–Trinajstić information content (AvgIpc) is 2.28. The molecule has 0 aliphatic carbocycles. The summed E-state index contributed by atoms with van der Waals surface area (Å²) in [7, 11) is 0. The molecular weight excluding hydrogens is 209 g/mol. The van der Waals surface area contributed by atoms with Crippen molar-refractivity contribution >= 4 is 11.7 Å². The first kappa shape index (κ1) is 12.4. The zero-order valence-electron chi connectivity index (χ0n) is 9.22. The fourth-order valence-electron chi connectivity index (χ4n) is 1.26. The maximum Gasteiger partial charge on any atom is 0.319 e. The lowest BCUT2D eigenvalue weighted by molar-refractivity contribution is 0.252. The summed E-state index contributed by atoms with van der Waals surface area (Å²) in [6.07, 6.45) is 0.862. The van der Waals surface area contributed by atoms with Crippen molar-refractivity contribution in [1.82, 2.24) is 5.32 Å². The summed E-state index contributed by atoms with van der Waals surface area (Å²) >= 11 is 0. The number of amides is 2. The van der Waals surface area contributed by atoms with Crippen molar-refractivity contribution in [1.29, 1.82) is 0 Å². The van der Waals surface area contributed by atoms with Crippen molar-refractivity contribution in [2.24, 2.45) is 5.73 Å². The lowest BCUT2D eigenvalue weighted by Crippen LogP contribution is -2.29. The van der Waals surface area contributed by atoms with Crippen molar-refractivity contribution in [3.63, 3.8) is 0 Å². The van der Waals surface area contributed by atoms with Crippen molar-refractivity contribution in [2.45, 2.75) is 19.9 Å². The van der Waals surface area contributed by atoms with Gasteiger partial charge in [-0.25, -0.2) is 9.18 Å². The first-order valence-electron chi connectivity index (χ1n) is 5.20. The molecule has 1 aromatic rings. The number of carbonyl (C=O) groups is 1. The van der Waals surface area contributed by atoms with Gasteiger partial charge in [0.15, 0.2) is 0 Å². The highest BCUT2D eigenvalue weighted by Gasteiger charge is 2.06. The number of urea groups is 1. The Hall–Kier alpha value is -1.62. The third-order valence-corrected chi connectivity index (χ3v) is 2.07.